The van der Waals surface area contributed by atoms with Crippen LogP contribution in [0.3, 0.4) is 0 Å². The lowest BCUT2D eigenvalue weighted by Gasteiger charge is -2.32. The lowest BCUT2D eigenvalue weighted by Crippen LogP contribution is -2.41. The molecular weight excluding hydrogens is 1660 g/mol. The fourth-order valence-corrected chi connectivity index (χ4v) is 19.2. The SMILES string of the molecule is Brc1cc2c3ccccc3n3c4ccc(-c5ccccc5)cc4c(c1)c23.Brc1ccnc2cccnc12.CC1(C)OB(B2OC(C)(C)C(C)(C)O2)OC1(C)C.CC1(C)OB(c2cc3c4ccccc4n4c5ccc(-c6ccccc6)cc5c(c2)c34)OC1(C)C.[2HH].c1ccc(-c2ccc3c(c2)c2cc(-c4ccnc5cccnc45)cc4c5ccccc5n3c42)cc1. The van der Waals surface area contributed by atoms with Gasteiger partial charge in [-0.3, -0.25) is 19.9 Å². The van der Waals surface area contributed by atoms with Gasteiger partial charge in [0.15, 0.2) is 0 Å². The Morgan fingerprint density at radius 1 is 0.258 bits per heavy atom. The Hall–Kier alpha value is -11.9. The van der Waals surface area contributed by atoms with E-state index >= 15 is 0 Å². The van der Waals surface area contributed by atoms with Crippen molar-refractivity contribution in [1.29, 1.82) is 0 Å². The first-order valence-electron chi connectivity index (χ1n) is 42.4. The minimum atomic E-state index is -0.476. The third kappa shape index (κ3) is 13.2. The number of pyridine rings is 4. The molecule has 18 heteroatoms. The van der Waals surface area contributed by atoms with Gasteiger partial charge in [-0.25, -0.2) is 0 Å². The molecule has 0 radical (unpaired) electrons. The molecule has 0 unspecified atom stereocenters. The summed E-state index contributed by atoms with van der Waals surface area (Å²) in [5.74, 6) is 0. The first kappa shape index (κ1) is 79.3. The fraction of sp³-hybridized carbons (Fsp3) is 0.170. The highest BCUT2D eigenvalue weighted by Crippen LogP contribution is 2.49. The van der Waals surface area contributed by atoms with Crippen molar-refractivity contribution in [3.63, 3.8) is 0 Å². The van der Waals surface area contributed by atoms with Crippen LogP contribution >= 0.6 is 31.9 Å². The molecule has 10 aromatic heterocycles. The second-order valence-electron chi connectivity index (χ2n) is 35.8. The number of aromatic nitrogens is 7. The van der Waals surface area contributed by atoms with Gasteiger partial charge < -0.3 is 41.1 Å². The number of para-hydroxylation sites is 3. The molecule has 0 saturated carbocycles. The van der Waals surface area contributed by atoms with Crippen LogP contribution in [0.2, 0.25) is 0 Å². The normalized spacial score (nSPS) is 16.3. The largest absolute Gasteiger partial charge is 0.494 e. The van der Waals surface area contributed by atoms with Gasteiger partial charge in [-0.2, -0.15) is 0 Å². The molecule has 0 aliphatic carbocycles. The Morgan fingerprint density at radius 2 is 0.573 bits per heavy atom. The quantitative estimate of drug-likeness (QED) is 0.149. The van der Waals surface area contributed by atoms with Gasteiger partial charge in [0.25, 0.3) is 0 Å². The molecule has 608 valence electrons. The molecule has 3 saturated heterocycles. The molecule has 3 aliphatic heterocycles. The lowest BCUT2D eigenvalue weighted by molar-refractivity contribution is 0.00578. The van der Waals surface area contributed by atoms with E-state index in [-0.39, 0.29) is 35.0 Å². The molecule has 0 bridgehead atoms. The van der Waals surface area contributed by atoms with E-state index in [0.717, 1.165) is 42.0 Å². The first-order chi connectivity index (χ1) is 59.8. The molecule has 0 amide bonds. The molecule has 13 heterocycles. The van der Waals surface area contributed by atoms with Crippen molar-refractivity contribution < 1.29 is 29.4 Å². The highest BCUT2D eigenvalue weighted by molar-refractivity contribution is 9.11. The Bertz CT molecular complexity index is 7830. The van der Waals surface area contributed by atoms with Gasteiger partial charge >= 0.3 is 21.1 Å². The molecule has 13 nitrogen and oxygen atoms in total. The van der Waals surface area contributed by atoms with Crippen LogP contribution in [0.1, 0.15) is 84.5 Å². The maximum atomic E-state index is 6.46. The van der Waals surface area contributed by atoms with Crippen LogP contribution in [-0.2, 0) is 27.9 Å². The zero-order valence-electron chi connectivity index (χ0n) is 71.1. The topological polar surface area (TPSA) is 120 Å². The Morgan fingerprint density at radius 3 is 0.984 bits per heavy atom. The fourth-order valence-electron chi connectivity index (χ4n) is 18.3. The monoisotopic (exact) mass is 1750 g/mol. The predicted octanol–water partition coefficient (Wildman–Crippen LogP) is 27.1. The van der Waals surface area contributed by atoms with Gasteiger partial charge in [0.05, 0.1) is 99.8 Å². The number of fused-ring (bicyclic) bond motifs is 20. The van der Waals surface area contributed by atoms with E-state index in [2.05, 4.69) is 354 Å². The second-order valence-corrected chi connectivity index (χ2v) is 37.6. The summed E-state index contributed by atoms with van der Waals surface area (Å²) in [4.78, 5) is 17.5. The van der Waals surface area contributed by atoms with Crippen LogP contribution in [0.25, 0.3) is 181 Å². The van der Waals surface area contributed by atoms with Gasteiger partial charge in [0.2, 0.25) is 0 Å². The minimum absolute atomic E-state index is 0. The molecule has 25 rings (SSSR count). The Kier molecular flexibility index (Phi) is 19.1. The summed E-state index contributed by atoms with van der Waals surface area (Å²) in [6.07, 6.45) is 7.24. The van der Waals surface area contributed by atoms with Crippen LogP contribution in [0.15, 0.2) is 325 Å². The second kappa shape index (κ2) is 29.9. The molecule has 3 aliphatic rings. The zero-order valence-corrected chi connectivity index (χ0v) is 74.3. The summed E-state index contributed by atoms with van der Waals surface area (Å²) in [7, 11) is -1.35. The van der Waals surface area contributed by atoms with Crippen molar-refractivity contribution in [1.82, 2.24) is 33.1 Å². The van der Waals surface area contributed by atoms with Gasteiger partial charge in [-0.05, 0) is 259 Å². The average Bonchev–Trinajstić information content (AvgIpc) is 1.55. The maximum absolute atomic E-state index is 6.46. The number of hydrogen-bond donors (Lipinski definition) is 0. The number of nitrogens with zero attached hydrogens (tertiary/aromatic N) is 7. The van der Waals surface area contributed by atoms with Gasteiger partial charge in [-0.15, -0.1) is 0 Å². The van der Waals surface area contributed by atoms with Crippen molar-refractivity contribution in [2.75, 3.05) is 0 Å². The Balaban J connectivity index is 0.000000103. The number of hydrogen-bond acceptors (Lipinski definition) is 10. The van der Waals surface area contributed by atoms with Crippen molar-refractivity contribution in [2.24, 2.45) is 0 Å². The molecule has 0 atom stereocenters. The third-order valence-electron chi connectivity index (χ3n) is 26.7. The number of halogens is 2. The van der Waals surface area contributed by atoms with E-state index in [1.807, 2.05) is 98.1 Å². The number of rotatable bonds is 6. The van der Waals surface area contributed by atoms with E-state index in [0.29, 0.717) is 0 Å². The van der Waals surface area contributed by atoms with Gasteiger partial charge in [-0.1, -0.05) is 192 Å². The van der Waals surface area contributed by atoms with E-state index in [1.54, 1.807) is 12.4 Å². The highest BCUT2D eigenvalue weighted by atomic mass is 79.9. The van der Waals surface area contributed by atoms with E-state index in [9.17, 15) is 0 Å². The summed E-state index contributed by atoms with van der Waals surface area (Å²) in [6.45, 7) is 24.6. The summed E-state index contributed by atoms with van der Waals surface area (Å²) in [5.41, 5.74) is 23.6. The molecule has 12 aromatic carbocycles. The molecule has 22 aromatic rings. The Labute approximate surface area is 738 Å². The van der Waals surface area contributed by atoms with Crippen molar-refractivity contribution in [3.8, 4) is 44.5 Å². The van der Waals surface area contributed by atoms with Crippen LogP contribution in [-0.4, -0.2) is 87.9 Å². The lowest BCUT2D eigenvalue weighted by atomic mass is 9.49. The van der Waals surface area contributed by atoms with Gasteiger partial charge in [0, 0.05) is 105 Å². The summed E-state index contributed by atoms with van der Waals surface area (Å²) < 4.78 is 46.1. The van der Waals surface area contributed by atoms with Crippen LogP contribution < -0.4 is 5.46 Å². The predicted molar refractivity (Wildman–Crippen MR) is 523 cm³/mol. The van der Waals surface area contributed by atoms with E-state index in [4.69, 9.17) is 27.9 Å². The van der Waals surface area contributed by atoms with Crippen molar-refractivity contribution in [3.05, 3.63) is 325 Å². The van der Waals surface area contributed by atoms with Crippen molar-refractivity contribution in [2.45, 2.75) is 117 Å². The molecular formula is C106H90B3Br2N7O6. The standard InChI is InChI=1S/C32H19N3.C30H26BNO2.C24H14BrN.C12H24B2O4.C8H5BrN2.H2/c1-2-7-20(8-3-1)21-12-13-30-25(17-21)27-19-22(23-14-16-33-28-10-6-15-34-31(23)28)18-26-24-9-4-5-11-29(24)35(30)32(26)27;1-29(2)30(3,4)34-31(33-29)21-17-24-22-12-8-9-13-26(22)32-27-15-14-20(19-10-6-5-7-11-19)16-23(27)25(18-21)28(24)32;25-17-13-20-18-8-4-5-9-22(18)26-23-11-10-16(15-6-2-1-3-7-15)12-19(23)21(14-17)24(20)26;1-9(2)10(3,4)16-13(15-9)14-17-11(5,6)12(7,8)18-14;9-6-3-5-10-7-2-1-4-11-8(6)7;/h1-19H;5-18H,1-4H3;1-14H;1-8H3;1-5H;1H/i;;;;;1+1. The zero-order chi connectivity index (χ0) is 85.1. The summed E-state index contributed by atoms with van der Waals surface area (Å²) >= 11 is 7.12. The van der Waals surface area contributed by atoms with Crippen LogP contribution in [0.4, 0.5) is 0 Å². The van der Waals surface area contributed by atoms with Crippen molar-refractivity contribution >= 4 is 195 Å². The molecule has 3 fully saturated rings. The average molecular weight is 1750 g/mol. The first-order valence-corrected chi connectivity index (χ1v) is 44.0. The minimum Gasteiger partial charge on any atom is -0.405 e. The highest BCUT2D eigenvalue weighted by Gasteiger charge is 2.64. The third-order valence-corrected chi connectivity index (χ3v) is 27.8. The van der Waals surface area contributed by atoms with Crippen LogP contribution in [0.5, 0.6) is 0 Å². The maximum Gasteiger partial charge on any atom is 0.494 e. The van der Waals surface area contributed by atoms with E-state index < -0.39 is 21.1 Å². The number of benzene rings is 12. The summed E-state index contributed by atoms with van der Waals surface area (Å²) in [5, 5.41) is 15.3. The molecule has 0 spiro atoms. The summed E-state index contributed by atoms with van der Waals surface area (Å²) in [6, 6.07) is 104. The molecule has 124 heavy (non-hydrogen) atoms. The molecule has 0 N–H and O–H groups in total. The van der Waals surface area contributed by atoms with Crippen LogP contribution in [0, 0.1) is 0 Å². The smallest absolute Gasteiger partial charge is 0.405 e. The van der Waals surface area contributed by atoms with Gasteiger partial charge in [0.1, 0.15) is 5.52 Å². The van der Waals surface area contributed by atoms with E-state index in [1.165, 1.54) is 153 Å².